The summed E-state index contributed by atoms with van der Waals surface area (Å²) >= 11 is 0. The Balaban J connectivity index is 2.98. The van der Waals surface area contributed by atoms with Gasteiger partial charge in [-0.1, -0.05) is 6.92 Å². The Kier molecular flexibility index (Phi) is 4.19. The van der Waals surface area contributed by atoms with E-state index in [1.807, 2.05) is 6.92 Å². The number of rotatable bonds is 5. The van der Waals surface area contributed by atoms with Crippen LogP contribution in [0.2, 0.25) is 0 Å². The van der Waals surface area contributed by atoms with Gasteiger partial charge in [0.2, 0.25) is 16.0 Å². The molecule has 0 aliphatic carbocycles. The average Bonchev–Trinajstić information content (AvgIpc) is 2.29. The van der Waals surface area contributed by atoms with Crippen molar-refractivity contribution in [2.75, 3.05) is 26.0 Å². The summed E-state index contributed by atoms with van der Waals surface area (Å²) in [6.07, 6.45) is 3.38. The highest BCUT2D eigenvalue weighted by Gasteiger charge is 2.20. The summed E-state index contributed by atoms with van der Waals surface area (Å²) in [6, 6.07) is 0. The van der Waals surface area contributed by atoms with E-state index in [0.717, 1.165) is 6.42 Å². The fourth-order valence-corrected chi connectivity index (χ4v) is 2.35. The molecule has 7 heteroatoms. The number of nitrogens with one attached hydrogen (secondary N) is 1. The van der Waals surface area contributed by atoms with Gasteiger partial charge >= 0.3 is 0 Å². The van der Waals surface area contributed by atoms with E-state index in [1.165, 1.54) is 16.7 Å². The number of nitrogens with zero attached hydrogens (tertiary/aromatic N) is 3. The van der Waals surface area contributed by atoms with Gasteiger partial charge in [0.05, 0.1) is 12.4 Å². The summed E-state index contributed by atoms with van der Waals surface area (Å²) < 4.78 is 25.2. The average molecular weight is 244 g/mol. The number of hydrogen-bond acceptors (Lipinski definition) is 5. The molecule has 1 heterocycles. The normalized spacial score (nSPS) is 11.8. The van der Waals surface area contributed by atoms with E-state index < -0.39 is 10.0 Å². The molecule has 1 N–H and O–H groups in total. The minimum absolute atomic E-state index is 0.113. The molecule has 0 aliphatic heterocycles. The lowest BCUT2D eigenvalue weighted by Gasteiger charge is -2.15. The molecule has 1 aromatic rings. The fraction of sp³-hybridized carbons (Fsp3) is 0.556. The van der Waals surface area contributed by atoms with E-state index in [9.17, 15) is 8.42 Å². The van der Waals surface area contributed by atoms with Gasteiger partial charge < -0.3 is 5.32 Å². The summed E-state index contributed by atoms with van der Waals surface area (Å²) in [4.78, 5) is 7.87. The van der Waals surface area contributed by atoms with Crippen molar-refractivity contribution in [1.29, 1.82) is 0 Å². The first kappa shape index (κ1) is 12.9. The highest BCUT2D eigenvalue weighted by Crippen LogP contribution is 2.12. The number of anilines is 1. The molecule has 0 fully saturated rings. The van der Waals surface area contributed by atoms with Crippen molar-refractivity contribution in [3.05, 3.63) is 12.4 Å². The van der Waals surface area contributed by atoms with Crippen LogP contribution in [0.25, 0.3) is 0 Å². The molecule has 0 radical (unpaired) electrons. The third-order valence-electron chi connectivity index (χ3n) is 2.10. The summed E-state index contributed by atoms with van der Waals surface area (Å²) in [7, 11) is -0.226. The second kappa shape index (κ2) is 5.22. The van der Waals surface area contributed by atoms with Crippen molar-refractivity contribution in [3.8, 4) is 0 Å². The lowest BCUT2D eigenvalue weighted by atomic mass is 10.5. The fourth-order valence-electron chi connectivity index (χ4n) is 1.19. The number of sulfonamides is 1. The van der Waals surface area contributed by atoms with Gasteiger partial charge in [-0.2, -0.15) is 0 Å². The van der Waals surface area contributed by atoms with Gasteiger partial charge in [0.25, 0.3) is 0 Å². The highest BCUT2D eigenvalue weighted by molar-refractivity contribution is 7.89. The topological polar surface area (TPSA) is 75.2 Å². The van der Waals surface area contributed by atoms with E-state index in [1.54, 1.807) is 14.1 Å². The SMILES string of the molecule is CCCN(C)S(=O)(=O)c1cnc(NC)nc1. The Morgan fingerprint density at radius 2 is 1.94 bits per heavy atom. The van der Waals surface area contributed by atoms with E-state index in [4.69, 9.17) is 0 Å². The molecule has 0 bridgehead atoms. The maximum absolute atomic E-state index is 11.9. The van der Waals surface area contributed by atoms with Gasteiger partial charge in [-0.25, -0.2) is 22.7 Å². The molecule has 1 rings (SSSR count). The second-order valence-corrected chi connectivity index (χ2v) is 5.36. The van der Waals surface area contributed by atoms with Crippen LogP contribution in [-0.4, -0.2) is 43.3 Å². The van der Waals surface area contributed by atoms with Crippen LogP contribution in [0.5, 0.6) is 0 Å². The Hall–Kier alpha value is -1.21. The zero-order valence-corrected chi connectivity index (χ0v) is 10.5. The van der Waals surface area contributed by atoms with E-state index >= 15 is 0 Å². The molecule has 0 unspecified atom stereocenters. The predicted octanol–water partition coefficient (Wildman–Crippen LogP) is 0.549. The largest absolute Gasteiger partial charge is 0.357 e. The van der Waals surface area contributed by atoms with Crippen molar-refractivity contribution in [3.63, 3.8) is 0 Å². The van der Waals surface area contributed by atoms with Crippen molar-refractivity contribution < 1.29 is 8.42 Å². The van der Waals surface area contributed by atoms with Gasteiger partial charge in [-0.05, 0) is 6.42 Å². The van der Waals surface area contributed by atoms with Crippen LogP contribution < -0.4 is 5.32 Å². The second-order valence-electron chi connectivity index (χ2n) is 3.32. The quantitative estimate of drug-likeness (QED) is 0.818. The van der Waals surface area contributed by atoms with Crippen LogP contribution >= 0.6 is 0 Å². The lowest BCUT2D eigenvalue weighted by Crippen LogP contribution is -2.27. The molecule has 0 spiro atoms. The number of aromatic nitrogens is 2. The van der Waals surface area contributed by atoms with Gasteiger partial charge in [-0.15, -0.1) is 0 Å². The summed E-state index contributed by atoms with van der Waals surface area (Å²) in [6.45, 7) is 2.41. The molecule has 0 aromatic carbocycles. The molecule has 6 nitrogen and oxygen atoms in total. The van der Waals surface area contributed by atoms with Crippen LogP contribution in [0.4, 0.5) is 5.95 Å². The first-order valence-electron chi connectivity index (χ1n) is 4.98. The Labute approximate surface area is 95.8 Å². The van der Waals surface area contributed by atoms with Crippen molar-refractivity contribution in [2.24, 2.45) is 0 Å². The van der Waals surface area contributed by atoms with Gasteiger partial charge in [0.1, 0.15) is 4.90 Å². The van der Waals surface area contributed by atoms with Gasteiger partial charge in [0.15, 0.2) is 0 Å². The van der Waals surface area contributed by atoms with Crippen LogP contribution in [0, 0.1) is 0 Å². The predicted molar refractivity (Wildman–Crippen MR) is 61.7 cm³/mol. The summed E-state index contributed by atoms with van der Waals surface area (Å²) in [5, 5.41) is 2.73. The van der Waals surface area contributed by atoms with Crippen LogP contribution in [0.3, 0.4) is 0 Å². The minimum atomic E-state index is -3.45. The van der Waals surface area contributed by atoms with E-state index in [-0.39, 0.29) is 4.90 Å². The monoisotopic (exact) mass is 244 g/mol. The molecule has 0 aliphatic rings. The molecule has 90 valence electrons. The third kappa shape index (κ3) is 2.67. The molecule has 16 heavy (non-hydrogen) atoms. The maximum Gasteiger partial charge on any atom is 0.245 e. The zero-order chi connectivity index (χ0) is 12.2. The lowest BCUT2D eigenvalue weighted by molar-refractivity contribution is 0.468. The molecule has 1 aromatic heterocycles. The maximum atomic E-state index is 11.9. The molecule has 0 atom stereocenters. The van der Waals surface area contributed by atoms with Crippen LogP contribution in [0.15, 0.2) is 17.3 Å². The molecular weight excluding hydrogens is 228 g/mol. The Morgan fingerprint density at radius 1 is 1.38 bits per heavy atom. The van der Waals surface area contributed by atoms with Crippen LogP contribution in [-0.2, 0) is 10.0 Å². The van der Waals surface area contributed by atoms with Gasteiger partial charge in [-0.3, -0.25) is 0 Å². The van der Waals surface area contributed by atoms with E-state index in [2.05, 4.69) is 15.3 Å². The standard InChI is InChI=1S/C9H16N4O2S/c1-4-5-13(3)16(14,15)8-6-11-9(10-2)12-7-8/h6-7H,4-5H2,1-3H3,(H,10,11,12). The molecule has 0 amide bonds. The van der Waals surface area contributed by atoms with Crippen molar-refractivity contribution >= 4 is 16.0 Å². The summed E-state index contributed by atoms with van der Waals surface area (Å²) in [5.74, 6) is 0.400. The Morgan fingerprint density at radius 3 is 2.38 bits per heavy atom. The van der Waals surface area contributed by atoms with Gasteiger partial charge in [0, 0.05) is 20.6 Å². The molecule has 0 saturated heterocycles. The summed E-state index contributed by atoms with van der Waals surface area (Å²) in [5.41, 5.74) is 0. The zero-order valence-electron chi connectivity index (χ0n) is 9.64. The third-order valence-corrected chi connectivity index (χ3v) is 3.91. The smallest absolute Gasteiger partial charge is 0.245 e. The molecular formula is C9H16N4O2S. The number of hydrogen-bond donors (Lipinski definition) is 1. The first-order chi connectivity index (χ1) is 7.52. The minimum Gasteiger partial charge on any atom is -0.357 e. The molecule has 0 saturated carbocycles. The van der Waals surface area contributed by atoms with Crippen molar-refractivity contribution in [2.45, 2.75) is 18.2 Å². The highest BCUT2D eigenvalue weighted by atomic mass is 32.2. The Bertz CT molecular complexity index is 429. The van der Waals surface area contributed by atoms with E-state index in [0.29, 0.717) is 12.5 Å². The van der Waals surface area contributed by atoms with Crippen LogP contribution in [0.1, 0.15) is 13.3 Å². The van der Waals surface area contributed by atoms with Crippen molar-refractivity contribution in [1.82, 2.24) is 14.3 Å². The first-order valence-corrected chi connectivity index (χ1v) is 6.42.